The molecule has 3 heteroatoms. The zero-order valence-corrected chi connectivity index (χ0v) is 11.9. The van der Waals surface area contributed by atoms with Crippen molar-refractivity contribution in [2.75, 3.05) is 27.2 Å². The van der Waals surface area contributed by atoms with Gasteiger partial charge in [0.05, 0.1) is 5.54 Å². The molecule has 2 aromatic rings. The number of ether oxygens (including phenoxy) is 1. The number of nitrogens with two attached hydrogens (primary N) is 1. The first kappa shape index (κ1) is 13.8. The minimum absolute atomic E-state index is 0.147. The second-order valence-electron chi connectivity index (χ2n) is 5.39. The molecule has 2 N–H and O–H groups in total. The molecule has 0 aliphatic rings. The first-order valence-corrected chi connectivity index (χ1v) is 6.54. The van der Waals surface area contributed by atoms with Crippen LogP contribution in [0.4, 0.5) is 0 Å². The second-order valence-corrected chi connectivity index (χ2v) is 5.39. The van der Waals surface area contributed by atoms with Crippen LogP contribution in [0.25, 0.3) is 10.8 Å². The fourth-order valence-corrected chi connectivity index (χ4v) is 1.87. The molecule has 102 valence electrons. The second kappa shape index (κ2) is 5.59. The SMILES string of the molecule is CN(C)C(C)(CN)COc1ccc2ccccc2c1. The van der Waals surface area contributed by atoms with Crippen LogP contribution in [0.1, 0.15) is 6.92 Å². The number of hydrogen-bond acceptors (Lipinski definition) is 3. The summed E-state index contributed by atoms with van der Waals surface area (Å²) in [6, 6.07) is 14.4. The van der Waals surface area contributed by atoms with Crippen LogP contribution in [0.2, 0.25) is 0 Å². The summed E-state index contributed by atoms with van der Waals surface area (Å²) < 4.78 is 5.91. The first-order valence-electron chi connectivity index (χ1n) is 6.54. The Hall–Kier alpha value is -1.58. The van der Waals surface area contributed by atoms with Gasteiger partial charge >= 0.3 is 0 Å². The Morgan fingerprint density at radius 1 is 1.11 bits per heavy atom. The van der Waals surface area contributed by atoms with Crippen molar-refractivity contribution >= 4 is 10.8 Å². The van der Waals surface area contributed by atoms with Crippen LogP contribution in [0.3, 0.4) is 0 Å². The Morgan fingerprint density at radius 3 is 2.42 bits per heavy atom. The predicted molar refractivity (Wildman–Crippen MR) is 80.6 cm³/mol. The van der Waals surface area contributed by atoms with E-state index in [0.717, 1.165) is 5.75 Å². The van der Waals surface area contributed by atoms with Crippen molar-refractivity contribution < 1.29 is 4.74 Å². The quantitative estimate of drug-likeness (QED) is 0.895. The predicted octanol–water partition coefficient (Wildman–Crippen LogP) is 2.50. The Morgan fingerprint density at radius 2 is 1.79 bits per heavy atom. The van der Waals surface area contributed by atoms with Crippen molar-refractivity contribution in [1.82, 2.24) is 4.90 Å². The molecule has 0 spiro atoms. The molecule has 2 rings (SSSR count). The molecule has 0 heterocycles. The number of fused-ring (bicyclic) bond motifs is 1. The van der Waals surface area contributed by atoms with Gasteiger partial charge in [0.2, 0.25) is 0 Å². The zero-order chi connectivity index (χ0) is 13.9. The van der Waals surface area contributed by atoms with Crippen LogP contribution < -0.4 is 10.5 Å². The molecule has 0 aromatic heterocycles. The molecule has 3 nitrogen and oxygen atoms in total. The maximum atomic E-state index is 5.91. The summed E-state index contributed by atoms with van der Waals surface area (Å²) in [7, 11) is 4.05. The summed E-state index contributed by atoms with van der Waals surface area (Å²) >= 11 is 0. The molecule has 1 unspecified atom stereocenters. The maximum absolute atomic E-state index is 5.91. The molecule has 0 saturated carbocycles. The van der Waals surface area contributed by atoms with E-state index < -0.39 is 0 Å². The smallest absolute Gasteiger partial charge is 0.120 e. The van der Waals surface area contributed by atoms with Crippen LogP contribution in [0.15, 0.2) is 42.5 Å². The van der Waals surface area contributed by atoms with Crippen molar-refractivity contribution in [3.63, 3.8) is 0 Å². The fourth-order valence-electron chi connectivity index (χ4n) is 1.87. The molecular formula is C16H22N2O. The number of rotatable bonds is 5. The van der Waals surface area contributed by atoms with E-state index in [2.05, 4.69) is 36.1 Å². The van der Waals surface area contributed by atoms with Crippen molar-refractivity contribution in [3.8, 4) is 5.75 Å². The summed E-state index contributed by atoms with van der Waals surface area (Å²) in [6.45, 7) is 3.25. The van der Waals surface area contributed by atoms with E-state index in [1.807, 2.05) is 32.3 Å². The van der Waals surface area contributed by atoms with Gasteiger partial charge in [0.15, 0.2) is 0 Å². The van der Waals surface area contributed by atoms with Crippen LogP contribution in [-0.2, 0) is 0 Å². The van der Waals surface area contributed by atoms with Crippen molar-refractivity contribution in [3.05, 3.63) is 42.5 Å². The number of benzene rings is 2. The van der Waals surface area contributed by atoms with E-state index in [1.165, 1.54) is 10.8 Å². The highest BCUT2D eigenvalue weighted by molar-refractivity contribution is 5.83. The minimum atomic E-state index is -0.147. The van der Waals surface area contributed by atoms with Gasteiger partial charge in [0, 0.05) is 6.54 Å². The van der Waals surface area contributed by atoms with Crippen molar-refractivity contribution in [2.24, 2.45) is 5.73 Å². The van der Waals surface area contributed by atoms with Crippen molar-refractivity contribution in [1.29, 1.82) is 0 Å². The van der Waals surface area contributed by atoms with E-state index in [0.29, 0.717) is 13.2 Å². The highest BCUT2D eigenvalue weighted by Gasteiger charge is 2.26. The van der Waals surface area contributed by atoms with Gasteiger partial charge in [-0.05, 0) is 43.9 Å². The van der Waals surface area contributed by atoms with E-state index >= 15 is 0 Å². The number of hydrogen-bond donors (Lipinski definition) is 1. The summed E-state index contributed by atoms with van der Waals surface area (Å²) in [5.41, 5.74) is 5.69. The van der Waals surface area contributed by atoms with Crippen LogP contribution in [0.5, 0.6) is 5.75 Å². The molecule has 0 aliphatic heterocycles. The summed E-state index contributed by atoms with van der Waals surface area (Å²) in [5, 5.41) is 2.42. The molecule has 0 saturated heterocycles. The van der Waals surface area contributed by atoms with E-state index in [4.69, 9.17) is 10.5 Å². The minimum Gasteiger partial charge on any atom is -0.492 e. The standard InChI is InChI=1S/C16H22N2O/c1-16(11-17,18(2)3)12-19-15-9-8-13-6-4-5-7-14(13)10-15/h4-10H,11-12,17H2,1-3H3. The average Bonchev–Trinajstić information content (AvgIpc) is 2.44. The molecule has 0 radical (unpaired) electrons. The summed E-state index contributed by atoms with van der Waals surface area (Å²) in [5.74, 6) is 0.889. The highest BCUT2D eigenvalue weighted by atomic mass is 16.5. The first-order chi connectivity index (χ1) is 9.05. The highest BCUT2D eigenvalue weighted by Crippen LogP contribution is 2.22. The molecule has 0 aliphatic carbocycles. The van der Waals surface area contributed by atoms with Gasteiger partial charge in [-0.15, -0.1) is 0 Å². The summed E-state index contributed by atoms with van der Waals surface area (Å²) in [6.07, 6.45) is 0. The average molecular weight is 258 g/mol. The van der Waals surface area contributed by atoms with Gasteiger partial charge in [-0.2, -0.15) is 0 Å². The molecule has 2 aromatic carbocycles. The molecular weight excluding hydrogens is 236 g/mol. The Kier molecular flexibility index (Phi) is 4.08. The third kappa shape index (κ3) is 3.06. The monoisotopic (exact) mass is 258 g/mol. The van der Waals surface area contributed by atoms with Crippen LogP contribution in [0, 0.1) is 0 Å². The van der Waals surface area contributed by atoms with Crippen molar-refractivity contribution in [2.45, 2.75) is 12.5 Å². The fraction of sp³-hybridized carbons (Fsp3) is 0.375. The zero-order valence-electron chi connectivity index (χ0n) is 11.9. The lowest BCUT2D eigenvalue weighted by atomic mass is 10.0. The van der Waals surface area contributed by atoms with Gasteiger partial charge in [-0.25, -0.2) is 0 Å². The lowest BCUT2D eigenvalue weighted by molar-refractivity contribution is 0.104. The van der Waals surface area contributed by atoms with E-state index in [1.54, 1.807) is 0 Å². The molecule has 1 atom stereocenters. The largest absolute Gasteiger partial charge is 0.492 e. The lowest BCUT2D eigenvalue weighted by Gasteiger charge is -2.34. The molecule has 0 bridgehead atoms. The molecule has 19 heavy (non-hydrogen) atoms. The Bertz CT molecular complexity index is 553. The van der Waals surface area contributed by atoms with Gasteiger partial charge in [-0.1, -0.05) is 30.3 Å². The van der Waals surface area contributed by atoms with Crippen LogP contribution in [-0.4, -0.2) is 37.7 Å². The Labute approximate surface area is 115 Å². The molecule has 0 amide bonds. The third-order valence-corrected chi connectivity index (χ3v) is 3.79. The molecule has 0 fully saturated rings. The number of nitrogens with zero attached hydrogens (tertiary/aromatic N) is 1. The van der Waals surface area contributed by atoms with E-state index in [-0.39, 0.29) is 5.54 Å². The summed E-state index contributed by atoms with van der Waals surface area (Å²) in [4.78, 5) is 2.11. The van der Waals surface area contributed by atoms with Gasteiger partial charge in [-0.3, -0.25) is 4.90 Å². The third-order valence-electron chi connectivity index (χ3n) is 3.79. The maximum Gasteiger partial charge on any atom is 0.120 e. The number of likely N-dealkylation sites (N-methyl/N-ethyl adjacent to an activating group) is 1. The van der Waals surface area contributed by atoms with Gasteiger partial charge in [0.1, 0.15) is 12.4 Å². The normalized spacial score (nSPS) is 14.6. The van der Waals surface area contributed by atoms with Crippen LogP contribution >= 0.6 is 0 Å². The topological polar surface area (TPSA) is 38.5 Å². The van der Waals surface area contributed by atoms with Gasteiger partial charge < -0.3 is 10.5 Å². The lowest BCUT2D eigenvalue weighted by Crippen LogP contribution is -2.52. The van der Waals surface area contributed by atoms with Gasteiger partial charge in [0.25, 0.3) is 0 Å². The Balaban J connectivity index is 2.13. The van der Waals surface area contributed by atoms with E-state index in [9.17, 15) is 0 Å².